The molecular weight excluding hydrogens is 561 g/mol. The molecule has 0 aliphatic carbocycles. The molecule has 0 radical (unpaired) electrons. The number of hydrogen-bond acceptors (Lipinski definition) is 2. The lowest BCUT2D eigenvalue weighted by Crippen LogP contribution is -2.57. The van der Waals surface area contributed by atoms with E-state index in [0.29, 0.717) is 0 Å². The van der Waals surface area contributed by atoms with Crippen molar-refractivity contribution in [1.29, 1.82) is 0 Å². The third kappa shape index (κ3) is 3.61. The summed E-state index contributed by atoms with van der Waals surface area (Å²) >= 11 is 0. The Morgan fingerprint density at radius 2 is 0.957 bits per heavy atom. The molecule has 2 aliphatic heterocycles. The predicted molar refractivity (Wildman–Crippen MR) is 189 cm³/mol. The summed E-state index contributed by atoms with van der Waals surface area (Å²) in [6.07, 6.45) is 0. The van der Waals surface area contributed by atoms with E-state index in [9.17, 15) is 0 Å². The van der Waals surface area contributed by atoms with Crippen LogP contribution in [0.5, 0.6) is 23.0 Å². The van der Waals surface area contributed by atoms with Gasteiger partial charge in [0, 0.05) is 39.1 Å². The maximum Gasteiger partial charge on any atom is 0.260 e. The molecular formula is C42H26BNO2. The van der Waals surface area contributed by atoms with Crippen molar-refractivity contribution >= 4 is 44.9 Å². The molecule has 3 nitrogen and oxygen atoms in total. The summed E-state index contributed by atoms with van der Waals surface area (Å²) in [6, 6.07) is 55.7. The highest BCUT2D eigenvalue weighted by Crippen LogP contribution is 2.46. The number of hydrogen-bond donors (Lipinski definition) is 0. The molecule has 0 atom stereocenters. The Hall–Kier alpha value is -6.00. The van der Waals surface area contributed by atoms with E-state index < -0.39 is 0 Å². The minimum absolute atomic E-state index is 0.0444. The largest absolute Gasteiger partial charge is 0.458 e. The zero-order chi connectivity index (χ0) is 30.2. The van der Waals surface area contributed by atoms with E-state index in [2.05, 4.69) is 162 Å². The maximum absolute atomic E-state index is 7.09. The first-order chi connectivity index (χ1) is 22.8. The average molecular weight is 587 g/mol. The quantitative estimate of drug-likeness (QED) is 0.193. The Morgan fingerprint density at radius 3 is 1.61 bits per heavy atom. The minimum Gasteiger partial charge on any atom is -0.458 e. The minimum atomic E-state index is -0.0444. The summed E-state index contributed by atoms with van der Waals surface area (Å²) in [7, 11) is 0. The van der Waals surface area contributed by atoms with E-state index in [0.717, 1.165) is 67.3 Å². The molecule has 0 unspecified atom stereocenters. The zero-order valence-electron chi connectivity index (χ0n) is 24.9. The summed E-state index contributed by atoms with van der Waals surface area (Å²) in [6.45, 7) is -0.0444. The van der Waals surface area contributed by atoms with Gasteiger partial charge in [0.2, 0.25) is 0 Å². The van der Waals surface area contributed by atoms with Gasteiger partial charge in [-0.05, 0) is 52.4 Å². The van der Waals surface area contributed by atoms with E-state index >= 15 is 0 Å². The molecule has 3 heterocycles. The fourth-order valence-electron chi connectivity index (χ4n) is 7.52. The Bertz CT molecular complexity index is 2430. The molecule has 8 aromatic rings. The predicted octanol–water partition coefficient (Wildman–Crippen LogP) is 8.85. The second-order valence-corrected chi connectivity index (χ2v) is 12.0. The van der Waals surface area contributed by atoms with E-state index in [-0.39, 0.29) is 6.71 Å². The summed E-state index contributed by atoms with van der Waals surface area (Å²) in [5.74, 6) is 3.47. The van der Waals surface area contributed by atoms with Gasteiger partial charge < -0.3 is 14.0 Å². The van der Waals surface area contributed by atoms with Gasteiger partial charge in [-0.2, -0.15) is 0 Å². The van der Waals surface area contributed by atoms with Crippen molar-refractivity contribution in [3.63, 3.8) is 0 Å². The van der Waals surface area contributed by atoms with Crippen LogP contribution in [0.15, 0.2) is 158 Å². The van der Waals surface area contributed by atoms with Crippen LogP contribution >= 0.6 is 0 Å². The third-order valence-electron chi connectivity index (χ3n) is 9.53. The molecule has 0 N–H and O–H groups in total. The van der Waals surface area contributed by atoms with Crippen LogP contribution in [0.2, 0.25) is 0 Å². The second-order valence-electron chi connectivity index (χ2n) is 12.0. The molecule has 214 valence electrons. The van der Waals surface area contributed by atoms with Gasteiger partial charge in [-0.25, -0.2) is 0 Å². The van der Waals surface area contributed by atoms with Crippen molar-refractivity contribution in [2.45, 2.75) is 0 Å². The van der Waals surface area contributed by atoms with Crippen molar-refractivity contribution < 1.29 is 9.47 Å². The van der Waals surface area contributed by atoms with Crippen LogP contribution in [-0.4, -0.2) is 11.3 Å². The van der Waals surface area contributed by atoms with Gasteiger partial charge in [0.25, 0.3) is 6.71 Å². The second kappa shape index (κ2) is 9.75. The molecule has 10 rings (SSSR count). The van der Waals surface area contributed by atoms with Gasteiger partial charge in [-0.15, -0.1) is 0 Å². The summed E-state index contributed by atoms with van der Waals surface area (Å²) in [5.41, 5.74) is 11.1. The van der Waals surface area contributed by atoms with Crippen molar-refractivity contribution in [3.8, 4) is 50.9 Å². The lowest BCUT2D eigenvalue weighted by Gasteiger charge is -2.35. The molecule has 0 spiro atoms. The highest BCUT2D eigenvalue weighted by molar-refractivity contribution is 6.98. The van der Waals surface area contributed by atoms with Gasteiger partial charge in [0.05, 0.1) is 11.0 Å². The summed E-state index contributed by atoms with van der Waals surface area (Å²) < 4.78 is 16.2. The molecule has 0 saturated heterocycles. The monoisotopic (exact) mass is 587 g/mol. The molecule has 2 aliphatic rings. The van der Waals surface area contributed by atoms with Crippen LogP contribution in [-0.2, 0) is 0 Å². The van der Waals surface area contributed by atoms with E-state index in [1.165, 1.54) is 21.8 Å². The van der Waals surface area contributed by atoms with Gasteiger partial charge in [-0.3, -0.25) is 0 Å². The SMILES string of the molecule is c1ccc(-c2cc(-c3ccccc3)c3c4c2Oc2ccccc2B4c2ccc(-n4c5ccccc5c5ccccc54)cc2O3)cc1. The fraction of sp³-hybridized carbons (Fsp3) is 0. The van der Waals surface area contributed by atoms with Gasteiger partial charge in [0.15, 0.2) is 0 Å². The molecule has 1 aromatic heterocycles. The van der Waals surface area contributed by atoms with Gasteiger partial charge in [-0.1, -0.05) is 121 Å². The first-order valence-corrected chi connectivity index (χ1v) is 15.7. The average Bonchev–Trinajstić information content (AvgIpc) is 3.46. The number of rotatable bonds is 3. The highest BCUT2D eigenvalue weighted by atomic mass is 16.5. The maximum atomic E-state index is 7.09. The number of ether oxygens (including phenoxy) is 2. The van der Waals surface area contributed by atoms with Crippen LogP contribution < -0.4 is 25.9 Å². The Kier molecular flexibility index (Phi) is 5.37. The lowest BCUT2D eigenvalue weighted by molar-refractivity contribution is 0.466. The smallest absolute Gasteiger partial charge is 0.260 e. The molecule has 0 amide bonds. The number of nitrogens with zero attached hydrogens (tertiary/aromatic N) is 1. The van der Waals surface area contributed by atoms with Crippen molar-refractivity contribution in [2.24, 2.45) is 0 Å². The first-order valence-electron chi connectivity index (χ1n) is 15.7. The van der Waals surface area contributed by atoms with Crippen LogP contribution in [0, 0.1) is 0 Å². The standard InChI is InChI=1S/C42H26BNO2/c1-3-13-27(14-4-1)32-26-33(28-15-5-2-6-16-28)42-40-41(32)45-38-22-12-9-19-34(38)43(40)35-24-23-29(25-39(35)46-42)44-36-20-10-7-17-30(36)31-18-8-11-21-37(31)44/h1-26H. The number of aromatic nitrogens is 1. The van der Waals surface area contributed by atoms with Crippen molar-refractivity contribution in [2.75, 3.05) is 0 Å². The summed E-state index contributed by atoms with van der Waals surface area (Å²) in [4.78, 5) is 0. The molecule has 4 heteroatoms. The number of para-hydroxylation sites is 3. The summed E-state index contributed by atoms with van der Waals surface area (Å²) in [5, 5.41) is 2.48. The van der Waals surface area contributed by atoms with E-state index in [4.69, 9.17) is 9.47 Å². The van der Waals surface area contributed by atoms with E-state index in [1.807, 2.05) is 0 Å². The van der Waals surface area contributed by atoms with Crippen molar-refractivity contribution in [1.82, 2.24) is 4.57 Å². The molecule has 7 aromatic carbocycles. The van der Waals surface area contributed by atoms with Crippen molar-refractivity contribution in [3.05, 3.63) is 158 Å². The van der Waals surface area contributed by atoms with Gasteiger partial charge in [0.1, 0.15) is 23.0 Å². The Balaban J connectivity index is 1.26. The third-order valence-corrected chi connectivity index (χ3v) is 9.53. The highest BCUT2D eigenvalue weighted by Gasteiger charge is 2.42. The Labute approximate surface area is 267 Å². The van der Waals surface area contributed by atoms with E-state index in [1.54, 1.807) is 0 Å². The van der Waals surface area contributed by atoms with Gasteiger partial charge >= 0.3 is 0 Å². The van der Waals surface area contributed by atoms with Crippen LogP contribution in [0.4, 0.5) is 0 Å². The van der Waals surface area contributed by atoms with Crippen LogP contribution in [0.1, 0.15) is 0 Å². The number of fused-ring (bicyclic) bond motifs is 7. The molecule has 0 saturated carbocycles. The Morgan fingerprint density at radius 1 is 0.435 bits per heavy atom. The zero-order valence-corrected chi connectivity index (χ0v) is 24.9. The normalized spacial score (nSPS) is 12.7. The molecule has 46 heavy (non-hydrogen) atoms. The lowest BCUT2D eigenvalue weighted by atomic mass is 9.34. The first kappa shape index (κ1) is 25.3. The van der Waals surface area contributed by atoms with Crippen LogP contribution in [0.3, 0.4) is 0 Å². The number of benzene rings is 7. The fourth-order valence-corrected chi connectivity index (χ4v) is 7.52. The molecule has 0 bridgehead atoms. The topological polar surface area (TPSA) is 23.4 Å². The van der Waals surface area contributed by atoms with Crippen LogP contribution in [0.25, 0.3) is 49.7 Å². The molecule has 0 fully saturated rings.